The minimum Gasteiger partial charge on any atom is -0.373 e. The van der Waals surface area contributed by atoms with Crippen molar-refractivity contribution >= 4 is 5.91 Å². The van der Waals surface area contributed by atoms with Crippen LogP contribution in [0.15, 0.2) is 24.5 Å². The molecule has 1 amide bonds. The predicted octanol–water partition coefficient (Wildman–Crippen LogP) is 1.59. The molecule has 2 saturated heterocycles. The number of fused-ring (bicyclic) bond motifs is 1. The number of ether oxygens (including phenoxy) is 1. The lowest BCUT2D eigenvalue weighted by Gasteiger charge is -2.22. The maximum atomic E-state index is 12.0. The van der Waals surface area contributed by atoms with Gasteiger partial charge in [-0.2, -0.15) is 0 Å². The van der Waals surface area contributed by atoms with E-state index in [1.807, 2.05) is 12.1 Å². The molecule has 0 aromatic carbocycles. The average Bonchev–Trinajstić information content (AvgIpc) is 3.04. The molecule has 0 radical (unpaired) electrons. The molecular weight excluding hydrogens is 278 g/mol. The standard InChI is InChI=1S/C17H25N3O2/c1-12(2)20-10-14-6-15(22-16(14)11-20)7-17(21)19-9-13-4-3-5-18-8-13/h3-5,8,12,14-16H,6-7,9-11H2,1-2H3,(H,19,21)/t14-,15-,16+/m0/s1. The first kappa shape index (κ1) is 15.4. The summed E-state index contributed by atoms with van der Waals surface area (Å²) in [5, 5.41) is 2.95. The highest BCUT2D eigenvalue weighted by atomic mass is 16.5. The van der Waals surface area contributed by atoms with Crippen molar-refractivity contribution in [2.45, 2.75) is 51.5 Å². The molecule has 3 atom stereocenters. The molecule has 0 bridgehead atoms. The molecule has 3 rings (SSSR count). The van der Waals surface area contributed by atoms with Gasteiger partial charge in [0.15, 0.2) is 0 Å². The van der Waals surface area contributed by atoms with E-state index < -0.39 is 0 Å². The van der Waals surface area contributed by atoms with Crippen LogP contribution in [0, 0.1) is 5.92 Å². The summed E-state index contributed by atoms with van der Waals surface area (Å²) >= 11 is 0. The highest BCUT2D eigenvalue weighted by molar-refractivity contribution is 5.76. The second kappa shape index (κ2) is 6.75. The molecule has 5 nitrogen and oxygen atoms in total. The van der Waals surface area contributed by atoms with Crippen molar-refractivity contribution in [2.24, 2.45) is 5.92 Å². The van der Waals surface area contributed by atoms with Gasteiger partial charge in [-0.1, -0.05) is 6.07 Å². The van der Waals surface area contributed by atoms with Crippen molar-refractivity contribution in [1.82, 2.24) is 15.2 Å². The summed E-state index contributed by atoms with van der Waals surface area (Å²) in [5.74, 6) is 0.660. The van der Waals surface area contributed by atoms with E-state index in [9.17, 15) is 4.79 Å². The van der Waals surface area contributed by atoms with Crippen molar-refractivity contribution in [2.75, 3.05) is 13.1 Å². The Morgan fingerprint density at radius 3 is 3.05 bits per heavy atom. The second-order valence-corrected chi connectivity index (χ2v) is 6.68. The monoisotopic (exact) mass is 303 g/mol. The number of pyridine rings is 1. The minimum absolute atomic E-state index is 0.0644. The van der Waals surface area contributed by atoms with Crippen LogP contribution in [0.4, 0.5) is 0 Å². The van der Waals surface area contributed by atoms with Gasteiger partial charge < -0.3 is 10.1 Å². The highest BCUT2D eigenvalue weighted by Gasteiger charge is 2.42. The topological polar surface area (TPSA) is 54.5 Å². The Hall–Kier alpha value is -1.46. The summed E-state index contributed by atoms with van der Waals surface area (Å²) in [4.78, 5) is 18.6. The van der Waals surface area contributed by atoms with E-state index in [-0.39, 0.29) is 12.0 Å². The van der Waals surface area contributed by atoms with Crippen molar-refractivity contribution < 1.29 is 9.53 Å². The zero-order valence-electron chi connectivity index (χ0n) is 13.4. The third-order valence-electron chi connectivity index (χ3n) is 4.70. The number of carbonyl (C=O) groups excluding carboxylic acids is 1. The first-order valence-corrected chi connectivity index (χ1v) is 8.17. The van der Waals surface area contributed by atoms with Gasteiger partial charge in [0.1, 0.15) is 0 Å². The number of nitrogens with zero attached hydrogens (tertiary/aromatic N) is 2. The van der Waals surface area contributed by atoms with E-state index >= 15 is 0 Å². The molecule has 120 valence electrons. The van der Waals surface area contributed by atoms with Gasteiger partial charge in [-0.3, -0.25) is 14.7 Å². The number of hydrogen-bond donors (Lipinski definition) is 1. The number of aromatic nitrogens is 1. The zero-order valence-corrected chi connectivity index (χ0v) is 13.4. The summed E-state index contributed by atoms with van der Waals surface area (Å²) in [6.07, 6.45) is 5.38. The van der Waals surface area contributed by atoms with Crippen LogP contribution < -0.4 is 5.32 Å². The van der Waals surface area contributed by atoms with Gasteiger partial charge in [-0.15, -0.1) is 0 Å². The molecule has 0 aliphatic carbocycles. The molecule has 5 heteroatoms. The van der Waals surface area contributed by atoms with Gasteiger partial charge in [0, 0.05) is 44.0 Å². The molecule has 0 spiro atoms. The Labute approximate surface area is 132 Å². The largest absolute Gasteiger partial charge is 0.373 e. The van der Waals surface area contributed by atoms with Gasteiger partial charge in [0.05, 0.1) is 18.6 Å². The maximum absolute atomic E-state index is 12.0. The van der Waals surface area contributed by atoms with Crippen LogP contribution in [0.5, 0.6) is 0 Å². The van der Waals surface area contributed by atoms with Gasteiger partial charge in [0.2, 0.25) is 5.91 Å². The lowest BCUT2D eigenvalue weighted by Crippen LogP contribution is -2.32. The maximum Gasteiger partial charge on any atom is 0.222 e. The first-order chi connectivity index (χ1) is 10.6. The Kier molecular flexibility index (Phi) is 4.74. The number of hydrogen-bond acceptors (Lipinski definition) is 4. The number of likely N-dealkylation sites (tertiary alicyclic amines) is 1. The zero-order chi connectivity index (χ0) is 15.5. The third-order valence-corrected chi connectivity index (χ3v) is 4.70. The van der Waals surface area contributed by atoms with Crippen LogP contribution in [0.25, 0.3) is 0 Å². The van der Waals surface area contributed by atoms with Crippen LogP contribution in [-0.4, -0.2) is 47.1 Å². The summed E-state index contributed by atoms with van der Waals surface area (Å²) in [6.45, 7) is 7.11. The summed E-state index contributed by atoms with van der Waals surface area (Å²) < 4.78 is 6.07. The molecule has 0 saturated carbocycles. The molecule has 22 heavy (non-hydrogen) atoms. The molecule has 1 aromatic rings. The fourth-order valence-corrected chi connectivity index (χ4v) is 3.43. The first-order valence-electron chi connectivity index (χ1n) is 8.17. The SMILES string of the molecule is CC(C)N1C[C@@H]2C[C@@H](CC(=O)NCc3cccnc3)O[C@@H]2C1. The van der Waals surface area contributed by atoms with Gasteiger partial charge in [-0.25, -0.2) is 0 Å². The third kappa shape index (κ3) is 3.65. The molecule has 0 unspecified atom stereocenters. The van der Waals surface area contributed by atoms with Gasteiger partial charge in [-0.05, 0) is 31.9 Å². The van der Waals surface area contributed by atoms with E-state index in [0.717, 1.165) is 25.1 Å². The van der Waals surface area contributed by atoms with E-state index in [1.54, 1.807) is 12.4 Å². The highest BCUT2D eigenvalue weighted by Crippen LogP contribution is 2.34. The quantitative estimate of drug-likeness (QED) is 0.897. The number of amides is 1. The molecule has 1 N–H and O–H groups in total. The Morgan fingerprint density at radius 1 is 1.50 bits per heavy atom. The van der Waals surface area contributed by atoms with Crippen molar-refractivity contribution in [1.29, 1.82) is 0 Å². The van der Waals surface area contributed by atoms with E-state index in [4.69, 9.17) is 4.74 Å². The molecule has 2 aliphatic rings. The lowest BCUT2D eigenvalue weighted by molar-refractivity contribution is -0.124. The Bertz CT molecular complexity index is 492. The normalized spacial score (nSPS) is 28.0. The molecule has 2 aliphatic heterocycles. The molecule has 1 aromatic heterocycles. The van der Waals surface area contributed by atoms with E-state index in [2.05, 4.69) is 29.0 Å². The van der Waals surface area contributed by atoms with Crippen LogP contribution in [0.1, 0.15) is 32.3 Å². The fraction of sp³-hybridized carbons (Fsp3) is 0.647. The van der Waals surface area contributed by atoms with Crippen molar-refractivity contribution in [3.05, 3.63) is 30.1 Å². The van der Waals surface area contributed by atoms with Crippen molar-refractivity contribution in [3.63, 3.8) is 0 Å². The fourth-order valence-electron chi connectivity index (χ4n) is 3.43. The van der Waals surface area contributed by atoms with E-state index in [0.29, 0.717) is 31.0 Å². The summed E-state index contributed by atoms with van der Waals surface area (Å²) in [7, 11) is 0. The number of nitrogens with one attached hydrogen (secondary N) is 1. The Morgan fingerprint density at radius 2 is 2.36 bits per heavy atom. The smallest absolute Gasteiger partial charge is 0.222 e. The second-order valence-electron chi connectivity index (χ2n) is 6.68. The summed E-state index contributed by atoms with van der Waals surface area (Å²) in [6, 6.07) is 4.42. The Balaban J connectivity index is 1.41. The van der Waals surface area contributed by atoms with E-state index in [1.165, 1.54) is 0 Å². The lowest BCUT2D eigenvalue weighted by atomic mass is 10.0. The van der Waals surface area contributed by atoms with Gasteiger partial charge >= 0.3 is 0 Å². The number of rotatable bonds is 5. The summed E-state index contributed by atoms with van der Waals surface area (Å²) in [5.41, 5.74) is 1.02. The van der Waals surface area contributed by atoms with Crippen LogP contribution in [-0.2, 0) is 16.1 Å². The molecular formula is C17H25N3O2. The molecule has 3 heterocycles. The van der Waals surface area contributed by atoms with Crippen molar-refractivity contribution in [3.8, 4) is 0 Å². The van der Waals surface area contributed by atoms with Gasteiger partial charge in [0.25, 0.3) is 0 Å². The number of carbonyl (C=O) groups is 1. The average molecular weight is 303 g/mol. The van der Waals surface area contributed by atoms with Crippen LogP contribution in [0.2, 0.25) is 0 Å². The van der Waals surface area contributed by atoms with Crippen LogP contribution >= 0.6 is 0 Å². The predicted molar refractivity (Wildman–Crippen MR) is 84.2 cm³/mol. The minimum atomic E-state index is 0.0644. The van der Waals surface area contributed by atoms with Crippen LogP contribution in [0.3, 0.4) is 0 Å². The molecule has 2 fully saturated rings.